The molecule has 1 saturated heterocycles. The Morgan fingerprint density at radius 1 is 1.17 bits per heavy atom. The molecule has 0 bridgehead atoms. The molecule has 1 aromatic carbocycles. The number of carbonyl (C=O) groups is 2. The van der Waals surface area contributed by atoms with Gasteiger partial charge in [0.05, 0.1) is 18.8 Å². The highest BCUT2D eigenvalue weighted by atomic mass is 19.1. The number of pyridine rings is 1. The number of aliphatic carboxylic acids is 1. The number of carbonyl (C=O) groups excluding carboxylic acids is 1. The summed E-state index contributed by atoms with van der Waals surface area (Å²) in [5, 5.41) is 12.1. The molecule has 2 N–H and O–H groups in total. The summed E-state index contributed by atoms with van der Waals surface area (Å²) in [6.45, 7) is 3.05. The standard InChI is InChI=1S/C28H28F2N6O6/c1-15-14-42-9-8-35(15)17-10-20(29)23(21(30)11-17)25(37)32-22(27(39)40)12-16-4-5-18(24-31-6-7-36(16)24)19-13-33(2)28(41)34(3)26(19)38/h4-7,10-11,13,15,22H,8-9,12,14H2,1-3H3,(H,32,37)(H,39,40)/t15-,22-/m0/s1. The van der Waals surface area contributed by atoms with Crippen LogP contribution >= 0.6 is 0 Å². The number of amides is 1. The first-order valence-electron chi connectivity index (χ1n) is 13.1. The number of benzene rings is 1. The quantitative estimate of drug-likeness (QED) is 0.333. The van der Waals surface area contributed by atoms with Gasteiger partial charge in [0, 0.05) is 68.6 Å². The van der Waals surface area contributed by atoms with Crippen LogP contribution in [-0.2, 0) is 30.0 Å². The summed E-state index contributed by atoms with van der Waals surface area (Å²) in [4.78, 5) is 56.1. The van der Waals surface area contributed by atoms with Crippen LogP contribution < -0.4 is 21.5 Å². The molecule has 42 heavy (non-hydrogen) atoms. The topological polar surface area (TPSA) is 140 Å². The molecule has 220 valence electrons. The van der Waals surface area contributed by atoms with E-state index in [9.17, 15) is 24.3 Å². The third kappa shape index (κ3) is 5.16. The van der Waals surface area contributed by atoms with Gasteiger partial charge in [-0.25, -0.2) is 23.4 Å². The Hall–Kier alpha value is -4.85. The van der Waals surface area contributed by atoms with Crippen molar-refractivity contribution in [3.8, 4) is 11.1 Å². The van der Waals surface area contributed by atoms with Gasteiger partial charge in [-0.15, -0.1) is 0 Å². The summed E-state index contributed by atoms with van der Waals surface area (Å²) >= 11 is 0. The molecule has 0 aliphatic carbocycles. The Morgan fingerprint density at radius 3 is 2.55 bits per heavy atom. The maximum absolute atomic E-state index is 15.0. The van der Waals surface area contributed by atoms with Crippen molar-refractivity contribution in [1.29, 1.82) is 0 Å². The average molecular weight is 583 g/mol. The van der Waals surface area contributed by atoms with Crippen LogP contribution in [0.1, 0.15) is 23.0 Å². The maximum atomic E-state index is 15.0. The lowest BCUT2D eigenvalue weighted by Crippen LogP contribution is -2.44. The van der Waals surface area contributed by atoms with Crippen molar-refractivity contribution in [2.24, 2.45) is 14.1 Å². The van der Waals surface area contributed by atoms with Gasteiger partial charge in [0.15, 0.2) is 0 Å². The molecule has 12 nitrogen and oxygen atoms in total. The third-order valence-corrected chi connectivity index (χ3v) is 7.34. The lowest BCUT2D eigenvalue weighted by molar-refractivity contribution is -0.139. The van der Waals surface area contributed by atoms with Crippen LogP contribution in [0.5, 0.6) is 0 Å². The second-order valence-electron chi connectivity index (χ2n) is 10.1. The monoisotopic (exact) mass is 582 g/mol. The largest absolute Gasteiger partial charge is 0.480 e. The second-order valence-corrected chi connectivity index (χ2v) is 10.1. The number of fused-ring (bicyclic) bond motifs is 1. The van der Waals surface area contributed by atoms with Crippen LogP contribution in [0, 0.1) is 11.6 Å². The van der Waals surface area contributed by atoms with Gasteiger partial charge in [0.1, 0.15) is 28.9 Å². The minimum absolute atomic E-state index is 0.128. The highest BCUT2D eigenvalue weighted by Gasteiger charge is 2.28. The fourth-order valence-corrected chi connectivity index (χ4v) is 5.13. The van der Waals surface area contributed by atoms with Crippen molar-refractivity contribution in [2.45, 2.75) is 25.4 Å². The molecule has 5 rings (SSSR count). The first-order valence-corrected chi connectivity index (χ1v) is 13.1. The minimum atomic E-state index is -1.56. The Balaban J connectivity index is 1.43. The summed E-state index contributed by atoms with van der Waals surface area (Å²) in [6, 6.07) is 3.52. The summed E-state index contributed by atoms with van der Waals surface area (Å²) in [7, 11) is 2.86. The number of imidazole rings is 1. The molecular weight excluding hydrogens is 554 g/mol. The number of carboxylic acids is 1. The summed E-state index contributed by atoms with van der Waals surface area (Å²) in [5.41, 5.74) is -0.381. The van der Waals surface area contributed by atoms with Crippen molar-refractivity contribution in [2.75, 3.05) is 24.7 Å². The van der Waals surface area contributed by atoms with E-state index in [1.807, 2.05) is 6.92 Å². The molecule has 0 radical (unpaired) electrons. The average Bonchev–Trinajstić information content (AvgIpc) is 3.44. The minimum Gasteiger partial charge on any atom is -0.480 e. The van der Waals surface area contributed by atoms with E-state index in [-0.39, 0.29) is 23.7 Å². The van der Waals surface area contributed by atoms with Crippen LogP contribution in [0.15, 0.2) is 52.4 Å². The predicted octanol–water partition coefficient (Wildman–Crippen LogP) is 1.33. The van der Waals surface area contributed by atoms with Gasteiger partial charge < -0.3 is 29.0 Å². The molecule has 0 saturated carbocycles. The molecule has 1 aliphatic rings. The number of halogens is 2. The second kappa shape index (κ2) is 11.2. The Bertz CT molecular complexity index is 1810. The molecule has 3 aromatic heterocycles. The predicted molar refractivity (Wildman–Crippen MR) is 148 cm³/mol. The number of morpholine rings is 1. The smallest absolute Gasteiger partial charge is 0.330 e. The number of aromatic nitrogens is 4. The van der Waals surface area contributed by atoms with Crippen LogP contribution in [0.3, 0.4) is 0 Å². The van der Waals surface area contributed by atoms with Gasteiger partial charge in [0.2, 0.25) is 0 Å². The van der Waals surface area contributed by atoms with E-state index in [0.29, 0.717) is 36.7 Å². The van der Waals surface area contributed by atoms with E-state index < -0.39 is 46.4 Å². The summed E-state index contributed by atoms with van der Waals surface area (Å²) in [6.07, 6.45) is 4.12. The highest BCUT2D eigenvalue weighted by molar-refractivity contribution is 5.97. The number of carboxylic acid groups (broad SMARTS) is 1. The molecule has 1 fully saturated rings. The van der Waals surface area contributed by atoms with Gasteiger partial charge in [-0.05, 0) is 31.2 Å². The molecule has 4 aromatic rings. The first-order chi connectivity index (χ1) is 20.0. The molecule has 1 amide bonds. The van der Waals surface area contributed by atoms with Gasteiger partial charge in [-0.2, -0.15) is 0 Å². The Morgan fingerprint density at radius 2 is 1.88 bits per heavy atom. The number of hydrogen-bond donors (Lipinski definition) is 2. The van der Waals surface area contributed by atoms with Crippen LogP contribution in [0.4, 0.5) is 14.5 Å². The summed E-state index contributed by atoms with van der Waals surface area (Å²) < 4.78 is 39.2. The molecule has 1 aliphatic heterocycles. The number of ether oxygens (including phenoxy) is 1. The number of nitrogens with zero attached hydrogens (tertiary/aromatic N) is 5. The van der Waals surface area contributed by atoms with Crippen molar-refractivity contribution in [3.05, 3.63) is 86.6 Å². The SMILES string of the molecule is C[C@H]1COCCN1c1cc(F)c(C(=O)N[C@@H](Cc2ccc(-c3cn(C)c(=O)n(C)c3=O)c3nccn23)C(=O)O)c(F)c1. The maximum Gasteiger partial charge on any atom is 0.330 e. The van der Waals surface area contributed by atoms with Gasteiger partial charge in [-0.1, -0.05) is 0 Å². The lowest BCUT2D eigenvalue weighted by Gasteiger charge is -2.35. The Labute approximate surface area is 237 Å². The van der Waals surface area contributed by atoms with Crippen molar-refractivity contribution in [1.82, 2.24) is 23.8 Å². The van der Waals surface area contributed by atoms with E-state index in [2.05, 4.69) is 10.3 Å². The van der Waals surface area contributed by atoms with Crippen LogP contribution in [0.25, 0.3) is 16.8 Å². The first kappa shape index (κ1) is 28.7. The number of anilines is 1. The zero-order chi connectivity index (χ0) is 30.3. The number of nitrogens with one attached hydrogen (secondary N) is 1. The number of aryl methyl sites for hydroxylation is 1. The van der Waals surface area contributed by atoms with Crippen molar-refractivity contribution in [3.63, 3.8) is 0 Å². The zero-order valence-electron chi connectivity index (χ0n) is 23.0. The number of hydrogen-bond acceptors (Lipinski definition) is 7. The zero-order valence-corrected chi connectivity index (χ0v) is 23.0. The van der Waals surface area contributed by atoms with E-state index in [1.54, 1.807) is 27.6 Å². The fraction of sp³-hybridized carbons (Fsp3) is 0.321. The van der Waals surface area contributed by atoms with Gasteiger partial charge in [-0.3, -0.25) is 14.2 Å². The van der Waals surface area contributed by atoms with Crippen LogP contribution in [0.2, 0.25) is 0 Å². The van der Waals surface area contributed by atoms with Crippen molar-refractivity contribution < 1.29 is 28.2 Å². The van der Waals surface area contributed by atoms with Gasteiger partial charge >= 0.3 is 11.7 Å². The lowest BCUT2D eigenvalue weighted by atomic mass is 10.1. The highest BCUT2D eigenvalue weighted by Crippen LogP contribution is 2.26. The van der Waals surface area contributed by atoms with E-state index in [1.165, 1.54) is 31.1 Å². The third-order valence-electron chi connectivity index (χ3n) is 7.34. The fourth-order valence-electron chi connectivity index (χ4n) is 5.13. The Kier molecular flexibility index (Phi) is 7.65. The van der Waals surface area contributed by atoms with E-state index in [4.69, 9.17) is 4.74 Å². The molecule has 4 heterocycles. The number of rotatable bonds is 7. The van der Waals surface area contributed by atoms with Gasteiger partial charge in [0.25, 0.3) is 11.5 Å². The molecule has 14 heteroatoms. The van der Waals surface area contributed by atoms with Crippen LogP contribution in [-0.4, -0.2) is 67.3 Å². The molecule has 0 spiro atoms. The summed E-state index contributed by atoms with van der Waals surface area (Å²) in [5.74, 6) is -4.88. The molecular formula is C28H28F2N6O6. The molecule has 2 atom stereocenters. The van der Waals surface area contributed by atoms with E-state index in [0.717, 1.165) is 16.7 Å². The normalized spacial score (nSPS) is 16.0. The van der Waals surface area contributed by atoms with Crippen molar-refractivity contribution >= 4 is 23.2 Å². The molecule has 0 unspecified atom stereocenters. The van der Waals surface area contributed by atoms with E-state index >= 15 is 8.78 Å².